The highest BCUT2D eigenvalue weighted by atomic mass is 16.4. The summed E-state index contributed by atoms with van der Waals surface area (Å²) in [5.74, 6) is 0.586. The normalized spacial score (nSPS) is 52.1. The SMILES string of the molecule is CC(C)C1(O)[C@H]2CC3C[C@H]1CC(C(=O)O)(C3)C2. The molecule has 0 aromatic carbocycles. The number of carbonyl (C=O) groups is 1. The minimum absolute atomic E-state index is 0.213. The van der Waals surface area contributed by atoms with E-state index in [1.165, 1.54) is 0 Å². The summed E-state index contributed by atoms with van der Waals surface area (Å²) >= 11 is 0. The summed E-state index contributed by atoms with van der Waals surface area (Å²) in [6, 6.07) is 0. The molecule has 4 aliphatic carbocycles. The van der Waals surface area contributed by atoms with Gasteiger partial charge < -0.3 is 10.2 Å². The standard InChI is InChI=1S/C14H22O3/c1-8(2)14(17)10-3-9-4-11(14)7-13(5-9,6-10)12(15)16/h8-11,17H,3-7H2,1-2H3,(H,15,16)/t9?,10-,11-,13?,14?/m0/s1. The van der Waals surface area contributed by atoms with Gasteiger partial charge in [-0.15, -0.1) is 0 Å². The average molecular weight is 238 g/mol. The molecule has 4 bridgehead atoms. The van der Waals surface area contributed by atoms with Crippen LogP contribution in [0.5, 0.6) is 0 Å². The molecule has 3 heteroatoms. The maximum Gasteiger partial charge on any atom is 0.309 e. The molecule has 0 unspecified atom stereocenters. The molecule has 0 aliphatic heterocycles. The van der Waals surface area contributed by atoms with Crippen molar-refractivity contribution in [3.63, 3.8) is 0 Å². The van der Waals surface area contributed by atoms with E-state index in [1.54, 1.807) is 0 Å². The minimum Gasteiger partial charge on any atom is -0.481 e. The predicted octanol–water partition coefficient (Wildman–Crippen LogP) is 2.28. The van der Waals surface area contributed by atoms with E-state index in [0.717, 1.165) is 19.3 Å². The summed E-state index contributed by atoms with van der Waals surface area (Å²) in [6.07, 6.45) is 4.33. The van der Waals surface area contributed by atoms with Gasteiger partial charge in [0.25, 0.3) is 0 Å². The molecule has 2 atom stereocenters. The monoisotopic (exact) mass is 238 g/mol. The molecule has 4 rings (SSSR count). The first-order chi connectivity index (χ1) is 7.88. The molecular formula is C14H22O3. The highest BCUT2D eigenvalue weighted by Gasteiger charge is 2.64. The van der Waals surface area contributed by atoms with Crippen molar-refractivity contribution < 1.29 is 15.0 Å². The first kappa shape index (κ1) is 11.5. The Hall–Kier alpha value is -0.570. The van der Waals surface area contributed by atoms with E-state index < -0.39 is 17.0 Å². The summed E-state index contributed by atoms with van der Waals surface area (Å²) in [6.45, 7) is 4.16. The van der Waals surface area contributed by atoms with Gasteiger partial charge in [-0.3, -0.25) is 4.79 Å². The van der Waals surface area contributed by atoms with Crippen LogP contribution in [0.1, 0.15) is 46.0 Å². The van der Waals surface area contributed by atoms with Crippen molar-refractivity contribution in [2.75, 3.05) is 0 Å². The lowest BCUT2D eigenvalue weighted by atomic mass is 9.43. The number of hydrogen-bond donors (Lipinski definition) is 2. The van der Waals surface area contributed by atoms with E-state index in [4.69, 9.17) is 0 Å². The van der Waals surface area contributed by atoms with Crippen LogP contribution in [-0.2, 0) is 4.79 Å². The Morgan fingerprint density at radius 3 is 2.12 bits per heavy atom. The van der Waals surface area contributed by atoms with Gasteiger partial charge in [-0.05, 0) is 55.8 Å². The Labute approximate surface area is 102 Å². The first-order valence-corrected chi connectivity index (χ1v) is 6.84. The van der Waals surface area contributed by atoms with Crippen molar-refractivity contribution in [3.05, 3.63) is 0 Å². The van der Waals surface area contributed by atoms with E-state index in [0.29, 0.717) is 18.8 Å². The minimum atomic E-state index is -0.622. The zero-order valence-corrected chi connectivity index (χ0v) is 10.6. The highest BCUT2D eigenvalue weighted by Crippen LogP contribution is 2.65. The number of aliphatic carboxylic acids is 1. The Balaban J connectivity index is 1.99. The largest absolute Gasteiger partial charge is 0.481 e. The fourth-order valence-corrected chi connectivity index (χ4v) is 5.22. The van der Waals surface area contributed by atoms with Crippen LogP contribution in [0.25, 0.3) is 0 Å². The van der Waals surface area contributed by atoms with E-state index in [1.807, 2.05) is 0 Å². The smallest absolute Gasteiger partial charge is 0.309 e. The van der Waals surface area contributed by atoms with Crippen LogP contribution in [0, 0.1) is 29.1 Å². The lowest BCUT2D eigenvalue weighted by Crippen LogP contribution is -2.64. The van der Waals surface area contributed by atoms with E-state index in [-0.39, 0.29) is 17.8 Å². The van der Waals surface area contributed by atoms with Crippen molar-refractivity contribution in [2.24, 2.45) is 29.1 Å². The first-order valence-electron chi connectivity index (χ1n) is 6.84. The summed E-state index contributed by atoms with van der Waals surface area (Å²) in [5.41, 5.74) is -1.10. The van der Waals surface area contributed by atoms with Crippen LogP contribution in [0.15, 0.2) is 0 Å². The van der Waals surface area contributed by atoms with E-state index in [2.05, 4.69) is 13.8 Å². The average Bonchev–Trinajstić information content (AvgIpc) is 2.24. The van der Waals surface area contributed by atoms with E-state index in [9.17, 15) is 15.0 Å². The van der Waals surface area contributed by atoms with Crippen molar-refractivity contribution in [2.45, 2.75) is 51.6 Å². The van der Waals surface area contributed by atoms with Gasteiger partial charge in [0.2, 0.25) is 0 Å². The van der Waals surface area contributed by atoms with Gasteiger partial charge >= 0.3 is 5.97 Å². The van der Waals surface area contributed by atoms with Crippen molar-refractivity contribution in [1.82, 2.24) is 0 Å². The number of hydrogen-bond acceptors (Lipinski definition) is 2. The molecule has 2 N–H and O–H groups in total. The van der Waals surface area contributed by atoms with E-state index >= 15 is 0 Å². The number of carboxylic acids is 1. The molecule has 0 saturated heterocycles. The van der Waals surface area contributed by atoms with Gasteiger partial charge in [-0.25, -0.2) is 0 Å². The topological polar surface area (TPSA) is 57.5 Å². The maximum atomic E-state index is 11.6. The molecule has 4 fully saturated rings. The van der Waals surface area contributed by atoms with Crippen LogP contribution in [0.4, 0.5) is 0 Å². The zero-order chi connectivity index (χ0) is 12.4. The third kappa shape index (κ3) is 1.29. The molecule has 0 amide bonds. The fraction of sp³-hybridized carbons (Fsp3) is 0.929. The van der Waals surface area contributed by atoms with Crippen molar-refractivity contribution in [1.29, 1.82) is 0 Å². The summed E-state index contributed by atoms with van der Waals surface area (Å²) in [7, 11) is 0. The predicted molar refractivity (Wildman–Crippen MR) is 63.4 cm³/mol. The maximum absolute atomic E-state index is 11.6. The Kier molecular flexibility index (Phi) is 2.20. The summed E-state index contributed by atoms with van der Waals surface area (Å²) in [5, 5.41) is 20.5. The van der Waals surface area contributed by atoms with Gasteiger partial charge in [-0.2, -0.15) is 0 Å². The highest BCUT2D eigenvalue weighted by molar-refractivity contribution is 5.75. The summed E-state index contributed by atoms with van der Waals surface area (Å²) < 4.78 is 0. The second-order valence-electron chi connectivity index (χ2n) is 6.97. The van der Waals surface area contributed by atoms with Crippen molar-refractivity contribution >= 4 is 5.97 Å². The van der Waals surface area contributed by atoms with Crippen molar-refractivity contribution in [3.8, 4) is 0 Å². The van der Waals surface area contributed by atoms with Crippen LogP contribution < -0.4 is 0 Å². The van der Waals surface area contributed by atoms with Gasteiger partial charge in [0.15, 0.2) is 0 Å². The number of carboxylic acid groups (broad SMARTS) is 1. The van der Waals surface area contributed by atoms with Crippen LogP contribution in [0.2, 0.25) is 0 Å². The zero-order valence-electron chi connectivity index (χ0n) is 10.6. The quantitative estimate of drug-likeness (QED) is 0.776. The Morgan fingerprint density at radius 2 is 1.71 bits per heavy atom. The molecule has 4 saturated carbocycles. The van der Waals surface area contributed by atoms with Crippen LogP contribution in [-0.4, -0.2) is 21.8 Å². The lowest BCUT2D eigenvalue weighted by Gasteiger charge is -2.63. The Morgan fingerprint density at radius 1 is 1.18 bits per heavy atom. The molecule has 96 valence electrons. The van der Waals surface area contributed by atoms with Gasteiger partial charge in [0.05, 0.1) is 11.0 Å². The van der Waals surface area contributed by atoms with Gasteiger partial charge in [0.1, 0.15) is 0 Å². The van der Waals surface area contributed by atoms with Crippen LogP contribution >= 0.6 is 0 Å². The molecular weight excluding hydrogens is 216 g/mol. The molecule has 3 nitrogen and oxygen atoms in total. The number of aliphatic hydroxyl groups is 1. The molecule has 0 aromatic rings. The molecule has 4 aliphatic rings. The summed E-state index contributed by atoms with van der Waals surface area (Å²) in [4.78, 5) is 11.6. The molecule has 0 aromatic heterocycles. The molecule has 0 spiro atoms. The Bertz CT molecular complexity index is 344. The van der Waals surface area contributed by atoms with Gasteiger partial charge in [0, 0.05) is 0 Å². The molecule has 0 heterocycles. The molecule has 0 radical (unpaired) electrons. The second-order valence-corrected chi connectivity index (χ2v) is 6.97. The lowest BCUT2D eigenvalue weighted by molar-refractivity contribution is -0.226. The third-order valence-corrected chi connectivity index (χ3v) is 5.88. The third-order valence-electron chi connectivity index (χ3n) is 5.88. The molecule has 17 heavy (non-hydrogen) atoms. The fourth-order valence-electron chi connectivity index (χ4n) is 5.22. The number of rotatable bonds is 2. The van der Waals surface area contributed by atoms with Gasteiger partial charge in [-0.1, -0.05) is 13.8 Å². The second kappa shape index (κ2) is 3.25. The van der Waals surface area contributed by atoms with Crippen LogP contribution in [0.3, 0.4) is 0 Å².